The first-order valence-electron chi connectivity index (χ1n) is 7.42. The van der Waals surface area contributed by atoms with Gasteiger partial charge in [0.05, 0.1) is 19.3 Å². The van der Waals surface area contributed by atoms with Crippen LogP contribution in [0.1, 0.15) is 23.4 Å². The monoisotopic (exact) mass is 316 g/mol. The Morgan fingerprint density at radius 1 is 1.41 bits per heavy atom. The van der Waals surface area contributed by atoms with Crippen LogP contribution < -0.4 is 10.1 Å². The lowest BCUT2D eigenvalue weighted by atomic mass is 10.0. The van der Waals surface area contributed by atoms with E-state index in [9.17, 15) is 4.79 Å². The summed E-state index contributed by atoms with van der Waals surface area (Å²) < 4.78 is 5.27. The molecular formula is C17H20N2O2S. The summed E-state index contributed by atoms with van der Waals surface area (Å²) in [5.41, 5.74) is 2.08. The number of hydrogen-bond donors (Lipinski definition) is 1. The summed E-state index contributed by atoms with van der Waals surface area (Å²) in [6.45, 7) is 3.49. The summed E-state index contributed by atoms with van der Waals surface area (Å²) in [4.78, 5) is 16.0. The molecule has 2 heterocycles. The van der Waals surface area contributed by atoms with Crippen molar-refractivity contribution in [3.63, 3.8) is 0 Å². The van der Waals surface area contributed by atoms with E-state index < -0.39 is 0 Å². The molecule has 1 aromatic heterocycles. The number of fused-ring (bicyclic) bond motifs is 1. The average Bonchev–Trinajstić information content (AvgIpc) is 3.00. The Labute approximate surface area is 134 Å². The van der Waals surface area contributed by atoms with Crippen LogP contribution in [0, 0.1) is 0 Å². The van der Waals surface area contributed by atoms with E-state index in [1.807, 2.05) is 35.6 Å². The number of anilines is 1. The molecule has 116 valence electrons. The Bertz CT molecular complexity index is 668. The van der Waals surface area contributed by atoms with Gasteiger partial charge in [-0.05, 0) is 42.5 Å². The van der Waals surface area contributed by atoms with Crippen molar-refractivity contribution in [3.05, 3.63) is 46.2 Å². The molecule has 1 amide bonds. The molecule has 0 saturated carbocycles. The highest BCUT2D eigenvalue weighted by molar-refractivity contribution is 7.10. The molecule has 0 bridgehead atoms. The fourth-order valence-electron chi connectivity index (χ4n) is 2.90. The maximum Gasteiger partial charge on any atom is 0.238 e. The first-order valence-corrected chi connectivity index (χ1v) is 8.30. The Morgan fingerprint density at radius 3 is 3.05 bits per heavy atom. The Kier molecular flexibility index (Phi) is 4.45. The predicted molar refractivity (Wildman–Crippen MR) is 89.6 cm³/mol. The van der Waals surface area contributed by atoms with Gasteiger partial charge in [0.1, 0.15) is 5.75 Å². The quantitative estimate of drug-likeness (QED) is 0.941. The lowest BCUT2D eigenvalue weighted by Gasteiger charge is -2.32. The molecular weight excluding hydrogens is 296 g/mol. The lowest BCUT2D eigenvalue weighted by molar-refractivity contribution is -0.117. The Hall–Kier alpha value is -1.85. The van der Waals surface area contributed by atoms with E-state index in [0.717, 1.165) is 18.7 Å². The zero-order valence-corrected chi connectivity index (χ0v) is 13.7. The number of amides is 1. The van der Waals surface area contributed by atoms with Gasteiger partial charge in [-0.3, -0.25) is 9.69 Å². The van der Waals surface area contributed by atoms with Crippen LogP contribution in [0.4, 0.5) is 5.69 Å². The van der Waals surface area contributed by atoms with Gasteiger partial charge in [-0.15, -0.1) is 11.3 Å². The number of nitrogens with zero attached hydrogens (tertiary/aromatic N) is 1. The number of benzene rings is 1. The van der Waals surface area contributed by atoms with E-state index in [1.54, 1.807) is 7.11 Å². The smallest absolute Gasteiger partial charge is 0.238 e. The number of thiophene rings is 1. The highest BCUT2D eigenvalue weighted by atomic mass is 32.1. The number of nitrogens with one attached hydrogen (secondary N) is 1. The molecule has 0 radical (unpaired) electrons. The summed E-state index contributed by atoms with van der Waals surface area (Å²) in [7, 11) is 1.61. The molecule has 22 heavy (non-hydrogen) atoms. The molecule has 5 heteroatoms. The first kappa shape index (κ1) is 15.1. The van der Waals surface area contributed by atoms with Crippen molar-refractivity contribution < 1.29 is 9.53 Å². The highest BCUT2D eigenvalue weighted by Crippen LogP contribution is 2.32. The molecule has 0 aliphatic carbocycles. The van der Waals surface area contributed by atoms with E-state index in [4.69, 9.17) is 4.74 Å². The molecule has 0 unspecified atom stereocenters. The highest BCUT2D eigenvalue weighted by Gasteiger charge is 2.26. The zero-order valence-electron chi connectivity index (χ0n) is 12.8. The second-order valence-corrected chi connectivity index (χ2v) is 6.44. The summed E-state index contributed by atoms with van der Waals surface area (Å²) >= 11 is 1.81. The van der Waals surface area contributed by atoms with Gasteiger partial charge in [-0.2, -0.15) is 0 Å². The molecule has 0 saturated heterocycles. The number of rotatable bonds is 4. The molecule has 1 atom stereocenters. The number of methoxy groups -OCH3 is 1. The normalized spacial score (nSPS) is 17.8. The van der Waals surface area contributed by atoms with Crippen LogP contribution in [0.25, 0.3) is 0 Å². The molecule has 1 N–H and O–H groups in total. The molecule has 0 fully saturated rings. The molecule has 1 aromatic carbocycles. The molecule has 3 rings (SSSR count). The van der Waals surface area contributed by atoms with Crippen LogP contribution in [-0.4, -0.2) is 31.0 Å². The maximum absolute atomic E-state index is 12.3. The second kappa shape index (κ2) is 6.50. The topological polar surface area (TPSA) is 41.6 Å². The van der Waals surface area contributed by atoms with Crippen molar-refractivity contribution in [2.45, 2.75) is 19.4 Å². The fraction of sp³-hybridized carbons (Fsp3) is 0.353. The number of ether oxygens (including phenoxy) is 1. The summed E-state index contributed by atoms with van der Waals surface area (Å²) in [6.07, 6.45) is 1.03. The molecule has 4 nitrogen and oxygen atoms in total. The lowest BCUT2D eigenvalue weighted by Crippen LogP contribution is -2.39. The predicted octanol–water partition coefficient (Wildman–Crippen LogP) is 3.31. The molecule has 1 aliphatic rings. The maximum atomic E-state index is 12.3. The zero-order chi connectivity index (χ0) is 15.5. The van der Waals surface area contributed by atoms with Crippen molar-refractivity contribution in [3.8, 4) is 5.75 Å². The van der Waals surface area contributed by atoms with Gasteiger partial charge in [0.2, 0.25) is 5.91 Å². The minimum atomic E-state index is -0.00460. The van der Waals surface area contributed by atoms with E-state index >= 15 is 0 Å². The van der Waals surface area contributed by atoms with Gasteiger partial charge in [0.15, 0.2) is 0 Å². The van der Waals surface area contributed by atoms with Crippen LogP contribution in [0.3, 0.4) is 0 Å². The Morgan fingerprint density at radius 2 is 2.23 bits per heavy atom. The molecule has 2 aromatic rings. The van der Waals surface area contributed by atoms with Crippen molar-refractivity contribution in [2.24, 2.45) is 0 Å². The van der Waals surface area contributed by atoms with Crippen LogP contribution in [0.5, 0.6) is 5.75 Å². The van der Waals surface area contributed by atoms with Crippen LogP contribution >= 0.6 is 11.3 Å². The largest absolute Gasteiger partial charge is 0.495 e. The van der Waals surface area contributed by atoms with Crippen molar-refractivity contribution in [2.75, 3.05) is 25.5 Å². The second-order valence-electron chi connectivity index (χ2n) is 5.44. The third kappa shape index (κ3) is 3.00. The van der Waals surface area contributed by atoms with Gasteiger partial charge < -0.3 is 10.1 Å². The fourth-order valence-corrected chi connectivity index (χ4v) is 3.86. The van der Waals surface area contributed by atoms with Gasteiger partial charge in [-0.1, -0.05) is 12.1 Å². The van der Waals surface area contributed by atoms with Gasteiger partial charge in [0, 0.05) is 17.5 Å². The van der Waals surface area contributed by atoms with E-state index in [2.05, 4.69) is 28.6 Å². The molecule has 0 spiro atoms. The van der Waals surface area contributed by atoms with Gasteiger partial charge in [0.25, 0.3) is 0 Å². The van der Waals surface area contributed by atoms with Crippen molar-refractivity contribution in [1.82, 2.24) is 4.90 Å². The number of carbonyl (C=O) groups is 1. The number of hydrogen-bond acceptors (Lipinski definition) is 4. The SMILES string of the molecule is COc1ccccc1NC(=O)CN1CCc2sccc2[C@H]1C. The van der Waals surface area contributed by atoms with E-state index in [0.29, 0.717) is 18.3 Å². The Balaban J connectivity index is 1.65. The summed E-state index contributed by atoms with van der Waals surface area (Å²) in [6, 6.07) is 9.94. The first-order chi connectivity index (χ1) is 10.7. The molecule has 1 aliphatic heterocycles. The van der Waals surface area contributed by atoms with Gasteiger partial charge in [-0.25, -0.2) is 0 Å². The third-order valence-corrected chi connectivity index (χ3v) is 5.13. The van der Waals surface area contributed by atoms with E-state index in [1.165, 1.54) is 10.4 Å². The standard InChI is InChI=1S/C17H20N2O2S/c1-12-13-8-10-22-16(13)7-9-19(12)11-17(20)18-14-5-3-4-6-15(14)21-2/h3-6,8,10,12H,7,9,11H2,1-2H3,(H,18,20)/t12-/m1/s1. The van der Waals surface area contributed by atoms with Gasteiger partial charge >= 0.3 is 0 Å². The average molecular weight is 316 g/mol. The number of carbonyl (C=O) groups excluding carboxylic acids is 1. The van der Waals surface area contributed by atoms with Crippen molar-refractivity contribution in [1.29, 1.82) is 0 Å². The van der Waals surface area contributed by atoms with Crippen LogP contribution in [0.15, 0.2) is 35.7 Å². The minimum absolute atomic E-state index is 0.00460. The van der Waals surface area contributed by atoms with Crippen LogP contribution in [0.2, 0.25) is 0 Å². The minimum Gasteiger partial charge on any atom is -0.495 e. The van der Waals surface area contributed by atoms with E-state index in [-0.39, 0.29) is 5.91 Å². The summed E-state index contributed by atoms with van der Waals surface area (Å²) in [5.74, 6) is 0.678. The third-order valence-electron chi connectivity index (χ3n) is 4.13. The van der Waals surface area contributed by atoms with Crippen LogP contribution in [-0.2, 0) is 11.2 Å². The van der Waals surface area contributed by atoms with Crippen molar-refractivity contribution >= 4 is 22.9 Å². The number of para-hydroxylation sites is 2. The summed E-state index contributed by atoms with van der Waals surface area (Å²) in [5, 5.41) is 5.08.